The monoisotopic (exact) mass is 392 g/mol. The quantitative estimate of drug-likeness (QED) is 0.543. The molecular weight excluding hydrogens is 361 g/mol. The molecule has 0 aliphatic rings. The largest absolute Gasteiger partial charge is 0.507 e. The first-order chi connectivity index (χ1) is 12.5. The smallest absolute Gasteiger partial charge is 0.133 e. The molecule has 4 heteroatoms. The molecule has 0 aromatic heterocycles. The lowest BCUT2D eigenvalue weighted by atomic mass is 9.80. The van der Waals surface area contributed by atoms with Crippen LogP contribution in [0.3, 0.4) is 0 Å². The molecule has 2 atom stereocenters. The van der Waals surface area contributed by atoms with Crippen LogP contribution in [0.15, 0.2) is 30.3 Å². The van der Waals surface area contributed by atoms with Gasteiger partial charge in [-0.3, -0.25) is 0 Å². The lowest BCUT2D eigenvalue weighted by Gasteiger charge is -2.36. The van der Waals surface area contributed by atoms with Gasteiger partial charge in [-0.05, 0) is 42.9 Å². The summed E-state index contributed by atoms with van der Waals surface area (Å²) in [4.78, 5) is 0. The molecule has 1 N–H and O–H groups in total. The first-order valence-electron chi connectivity index (χ1n) is 9.62. The summed E-state index contributed by atoms with van der Waals surface area (Å²) in [5, 5.41) is 11.3. The Morgan fingerprint density at radius 2 is 1.63 bits per heavy atom. The number of aryl methyl sites for hydroxylation is 1. The zero-order chi connectivity index (χ0) is 20.4. The third-order valence-electron chi connectivity index (χ3n) is 5.16. The molecule has 0 spiro atoms. The normalized spacial score (nSPS) is 14.7. The van der Waals surface area contributed by atoms with Crippen molar-refractivity contribution in [2.24, 2.45) is 0 Å². The highest BCUT2D eigenvalue weighted by molar-refractivity contribution is 7.48. The van der Waals surface area contributed by atoms with Gasteiger partial charge in [0, 0.05) is 22.1 Å². The minimum absolute atomic E-state index is 0.116. The molecule has 0 fully saturated rings. The molecule has 2 unspecified atom stereocenters. The van der Waals surface area contributed by atoms with E-state index in [2.05, 4.69) is 34.6 Å². The highest BCUT2D eigenvalue weighted by Crippen LogP contribution is 2.52. The summed E-state index contributed by atoms with van der Waals surface area (Å²) < 4.78 is 27.8. The van der Waals surface area contributed by atoms with Crippen LogP contribution >= 0.6 is 8.58 Å². The van der Waals surface area contributed by atoms with Crippen molar-refractivity contribution in [3.05, 3.63) is 58.7 Å². The topological polar surface area (TPSA) is 20.2 Å². The Hall–Kier alpha value is -1.47. The minimum atomic E-state index is -0.563. The number of hydrogen-bond acceptors (Lipinski definition) is 1. The molecule has 1 nitrogen and oxygen atoms in total. The van der Waals surface area contributed by atoms with Crippen molar-refractivity contribution in [3.8, 4) is 5.75 Å². The van der Waals surface area contributed by atoms with Crippen molar-refractivity contribution in [2.45, 2.75) is 71.4 Å². The van der Waals surface area contributed by atoms with Gasteiger partial charge in [0.2, 0.25) is 0 Å². The highest BCUT2D eigenvalue weighted by Gasteiger charge is 2.35. The molecular formula is C23H31F2OP. The Bertz CT molecular complexity index is 811. The number of phenolic OH excluding ortho intramolecular Hbond substituents is 1. The van der Waals surface area contributed by atoms with E-state index in [0.717, 1.165) is 42.0 Å². The van der Waals surface area contributed by atoms with Crippen LogP contribution in [0, 0.1) is 18.6 Å². The number of rotatable bonds is 6. The van der Waals surface area contributed by atoms with E-state index in [9.17, 15) is 13.9 Å². The van der Waals surface area contributed by atoms with E-state index in [1.807, 2.05) is 19.1 Å². The molecule has 2 rings (SSSR count). The molecule has 0 aliphatic carbocycles. The third kappa shape index (κ3) is 4.69. The number of hydrogen-bond donors (Lipinski definition) is 1. The Morgan fingerprint density at radius 3 is 2.15 bits per heavy atom. The number of phenols is 1. The van der Waals surface area contributed by atoms with Crippen molar-refractivity contribution in [2.75, 3.05) is 0 Å². The average molecular weight is 392 g/mol. The van der Waals surface area contributed by atoms with Gasteiger partial charge < -0.3 is 5.11 Å². The summed E-state index contributed by atoms with van der Waals surface area (Å²) in [5.74, 6) is -0.754. The summed E-state index contributed by atoms with van der Waals surface area (Å²) in [5.41, 5.74) is 2.70. The Kier molecular flexibility index (Phi) is 6.68. The van der Waals surface area contributed by atoms with Crippen molar-refractivity contribution in [1.29, 1.82) is 0 Å². The molecule has 27 heavy (non-hydrogen) atoms. The van der Waals surface area contributed by atoms with Gasteiger partial charge in [-0.15, -0.1) is 0 Å². The molecule has 2 aromatic rings. The molecule has 148 valence electrons. The first kappa shape index (κ1) is 21.8. The van der Waals surface area contributed by atoms with Crippen molar-refractivity contribution < 1.29 is 13.9 Å². The number of aromatic hydroxyl groups is 1. The minimum Gasteiger partial charge on any atom is -0.507 e. The van der Waals surface area contributed by atoms with Gasteiger partial charge in [-0.2, -0.15) is 0 Å². The Labute approximate surface area is 164 Å². The standard InChI is InChI=1S/C23H31F2OP/c1-7-11-23(8-2,27-20-10-9-16(24)14-19(20)25)18-13-15(3)12-17(21(18)26)22(4,5)6/h9-10,12-14,26-27H,7-8,11H2,1-6H3. The van der Waals surface area contributed by atoms with Gasteiger partial charge >= 0.3 is 0 Å². The molecule has 0 bridgehead atoms. The van der Waals surface area contributed by atoms with Gasteiger partial charge in [0.1, 0.15) is 17.4 Å². The van der Waals surface area contributed by atoms with Crippen LogP contribution in [0.1, 0.15) is 70.6 Å². The lowest BCUT2D eigenvalue weighted by Crippen LogP contribution is -2.25. The third-order valence-corrected chi connectivity index (χ3v) is 7.19. The van der Waals surface area contributed by atoms with Gasteiger partial charge in [-0.1, -0.05) is 67.3 Å². The predicted molar refractivity (Wildman–Crippen MR) is 113 cm³/mol. The van der Waals surface area contributed by atoms with Crippen molar-refractivity contribution in [1.82, 2.24) is 0 Å². The van der Waals surface area contributed by atoms with Crippen LogP contribution in [-0.4, -0.2) is 5.11 Å². The zero-order valence-corrected chi connectivity index (χ0v) is 18.2. The van der Waals surface area contributed by atoms with Crippen LogP contribution in [0.25, 0.3) is 0 Å². The molecule has 0 amide bonds. The summed E-state index contributed by atoms with van der Waals surface area (Å²) in [7, 11) is 0.116. The molecule has 0 heterocycles. The van der Waals surface area contributed by atoms with Crippen LogP contribution < -0.4 is 5.30 Å². The maximum absolute atomic E-state index is 14.4. The van der Waals surface area contributed by atoms with E-state index in [1.54, 1.807) is 6.07 Å². The fourth-order valence-corrected chi connectivity index (χ4v) is 5.46. The maximum Gasteiger partial charge on any atom is 0.133 e. The fourth-order valence-electron chi connectivity index (χ4n) is 3.71. The van der Waals surface area contributed by atoms with Gasteiger partial charge in [0.25, 0.3) is 0 Å². The second kappa shape index (κ2) is 8.27. The molecule has 0 aliphatic heterocycles. The van der Waals surface area contributed by atoms with Gasteiger partial charge in [-0.25, -0.2) is 8.78 Å². The Balaban J connectivity index is 2.67. The molecule has 0 saturated heterocycles. The number of benzene rings is 2. The van der Waals surface area contributed by atoms with Gasteiger partial charge in [0.05, 0.1) is 0 Å². The molecule has 0 radical (unpaired) electrons. The summed E-state index contributed by atoms with van der Waals surface area (Å²) in [6.07, 6.45) is 2.53. The predicted octanol–water partition coefficient (Wildman–Crippen LogP) is 6.69. The first-order valence-corrected chi connectivity index (χ1v) is 10.6. The summed E-state index contributed by atoms with van der Waals surface area (Å²) in [6.45, 7) is 12.5. The second-order valence-electron chi connectivity index (χ2n) is 8.39. The number of halogens is 2. The van der Waals surface area contributed by atoms with E-state index in [4.69, 9.17) is 0 Å². The second-order valence-corrected chi connectivity index (χ2v) is 10.1. The Morgan fingerprint density at radius 1 is 1.00 bits per heavy atom. The van der Waals surface area contributed by atoms with Crippen LogP contribution in [-0.2, 0) is 10.6 Å². The van der Waals surface area contributed by atoms with E-state index in [-0.39, 0.29) is 19.2 Å². The van der Waals surface area contributed by atoms with Crippen LogP contribution in [0.2, 0.25) is 0 Å². The van der Waals surface area contributed by atoms with E-state index in [1.165, 1.54) is 6.07 Å². The van der Waals surface area contributed by atoms with E-state index >= 15 is 0 Å². The SMILES string of the molecule is CCCC(CC)(Pc1ccc(F)cc1F)c1cc(C)cc(C(C)(C)C)c1O. The van der Waals surface area contributed by atoms with Crippen LogP contribution in [0.5, 0.6) is 5.75 Å². The summed E-state index contributed by atoms with van der Waals surface area (Å²) >= 11 is 0. The highest BCUT2D eigenvalue weighted by atomic mass is 31.1. The van der Waals surface area contributed by atoms with Crippen molar-refractivity contribution in [3.63, 3.8) is 0 Å². The van der Waals surface area contributed by atoms with E-state index in [0.29, 0.717) is 11.1 Å². The fraction of sp³-hybridized carbons (Fsp3) is 0.478. The average Bonchev–Trinajstić information content (AvgIpc) is 2.57. The van der Waals surface area contributed by atoms with Crippen molar-refractivity contribution >= 4 is 13.9 Å². The summed E-state index contributed by atoms with van der Waals surface area (Å²) in [6, 6.07) is 7.88. The maximum atomic E-state index is 14.4. The van der Waals surface area contributed by atoms with Gasteiger partial charge in [0.15, 0.2) is 0 Å². The molecule has 2 aromatic carbocycles. The van der Waals surface area contributed by atoms with Crippen LogP contribution in [0.4, 0.5) is 8.78 Å². The van der Waals surface area contributed by atoms with E-state index < -0.39 is 11.6 Å². The lowest BCUT2D eigenvalue weighted by molar-refractivity contribution is 0.420. The zero-order valence-electron chi connectivity index (χ0n) is 17.2. The molecule has 0 saturated carbocycles.